The summed E-state index contributed by atoms with van der Waals surface area (Å²) in [6, 6.07) is 6.29. The molecule has 0 radical (unpaired) electrons. The van der Waals surface area contributed by atoms with Crippen LogP contribution in [-0.2, 0) is 4.79 Å². The van der Waals surface area contributed by atoms with E-state index in [1.54, 1.807) is 0 Å². The highest BCUT2D eigenvalue weighted by Gasteiger charge is 2.18. The Morgan fingerprint density at radius 3 is 2.67 bits per heavy atom. The molecule has 0 bridgehead atoms. The highest BCUT2D eigenvalue weighted by atomic mass is 16.5. The molecule has 4 nitrogen and oxygen atoms in total. The Kier molecular flexibility index (Phi) is 5.62. The number of ether oxygens (including phenoxy) is 1. The summed E-state index contributed by atoms with van der Waals surface area (Å²) in [6.07, 6.45) is 2.54. The number of nitrogens with zero attached hydrogens (tertiary/aromatic N) is 1. The van der Waals surface area contributed by atoms with Gasteiger partial charge >= 0.3 is 0 Å². The molecular weight excluding hydrogens is 264 g/mol. The van der Waals surface area contributed by atoms with E-state index in [0.29, 0.717) is 12.6 Å². The predicted molar refractivity (Wildman–Crippen MR) is 84.7 cm³/mol. The van der Waals surface area contributed by atoms with Gasteiger partial charge in [-0.05, 0) is 70.0 Å². The Balaban J connectivity index is 1.70. The standard InChI is InChI=1S/C17H26N2O2/c1-13-6-7-16(10-14(13)2)21-12-17(20)18-11-15(3)19-8-4-5-9-19/h6-7,10,15H,4-5,8-9,11-12H2,1-3H3,(H,18,20). The lowest BCUT2D eigenvalue weighted by atomic mass is 10.1. The van der Waals surface area contributed by atoms with Gasteiger partial charge in [0.1, 0.15) is 5.75 Å². The van der Waals surface area contributed by atoms with E-state index in [2.05, 4.69) is 24.1 Å². The maximum absolute atomic E-state index is 11.8. The number of benzene rings is 1. The van der Waals surface area contributed by atoms with E-state index < -0.39 is 0 Å². The number of carbonyl (C=O) groups excluding carboxylic acids is 1. The van der Waals surface area contributed by atoms with Crippen molar-refractivity contribution in [3.8, 4) is 5.75 Å². The van der Waals surface area contributed by atoms with E-state index in [0.717, 1.165) is 18.8 Å². The van der Waals surface area contributed by atoms with Gasteiger partial charge in [0.15, 0.2) is 6.61 Å². The normalized spacial score (nSPS) is 16.7. The predicted octanol–water partition coefficient (Wildman–Crippen LogP) is 2.28. The number of carbonyl (C=O) groups is 1. The molecule has 1 heterocycles. The lowest BCUT2D eigenvalue weighted by Crippen LogP contribution is -2.42. The summed E-state index contributed by atoms with van der Waals surface area (Å²) in [7, 11) is 0. The molecule has 1 N–H and O–H groups in total. The summed E-state index contributed by atoms with van der Waals surface area (Å²) in [5.41, 5.74) is 2.40. The zero-order chi connectivity index (χ0) is 15.2. The molecule has 1 saturated heterocycles. The summed E-state index contributed by atoms with van der Waals surface area (Å²) >= 11 is 0. The molecule has 1 amide bonds. The van der Waals surface area contributed by atoms with Gasteiger partial charge in [-0.1, -0.05) is 6.07 Å². The van der Waals surface area contributed by atoms with Gasteiger partial charge in [-0.25, -0.2) is 0 Å². The first-order valence-electron chi connectivity index (χ1n) is 7.77. The molecule has 0 aromatic heterocycles. The van der Waals surface area contributed by atoms with Gasteiger partial charge in [0.25, 0.3) is 5.91 Å². The van der Waals surface area contributed by atoms with Gasteiger partial charge in [0.05, 0.1) is 0 Å². The van der Waals surface area contributed by atoms with Crippen molar-refractivity contribution in [3.63, 3.8) is 0 Å². The van der Waals surface area contributed by atoms with Crippen LogP contribution in [0.25, 0.3) is 0 Å². The average molecular weight is 290 g/mol. The fraction of sp³-hybridized carbons (Fsp3) is 0.588. The third-order valence-corrected chi connectivity index (χ3v) is 4.21. The minimum absolute atomic E-state index is 0.0562. The SMILES string of the molecule is Cc1ccc(OCC(=O)NCC(C)N2CCCC2)cc1C. The molecular formula is C17H26N2O2. The molecule has 1 atom stereocenters. The molecule has 1 aliphatic rings. The van der Waals surface area contributed by atoms with Crippen molar-refractivity contribution < 1.29 is 9.53 Å². The van der Waals surface area contributed by atoms with Gasteiger partial charge in [-0.3, -0.25) is 9.69 Å². The molecule has 2 rings (SSSR count). The van der Waals surface area contributed by atoms with Crippen molar-refractivity contribution in [2.45, 2.75) is 39.7 Å². The number of aryl methyl sites for hydroxylation is 2. The maximum atomic E-state index is 11.8. The van der Waals surface area contributed by atoms with Crippen molar-refractivity contribution in [3.05, 3.63) is 29.3 Å². The highest BCUT2D eigenvalue weighted by Crippen LogP contribution is 2.16. The van der Waals surface area contributed by atoms with E-state index in [9.17, 15) is 4.79 Å². The molecule has 0 spiro atoms. The fourth-order valence-electron chi connectivity index (χ4n) is 2.58. The van der Waals surface area contributed by atoms with Gasteiger partial charge in [-0.15, -0.1) is 0 Å². The molecule has 1 aromatic carbocycles. The largest absolute Gasteiger partial charge is 0.484 e. The maximum Gasteiger partial charge on any atom is 0.257 e. The summed E-state index contributed by atoms with van der Waals surface area (Å²) in [5.74, 6) is 0.695. The first-order chi connectivity index (χ1) is 10.1. The van der Waals surface area contributed by atoms with Crippen LogP contribution in [0, 0.1) is 13.8 Å². The van der Waals surface area contributed by atoms with Crippen molar-refractivity contribution in [1.82, 2.24) is 10.2 Å². The van der Waals surface area contributed by atoms with E-state index in [-0.39, 0.29) is 12.5 Å². The lowest BCUT2D eigenvalue weighted by molar-refractivity contribution is -0.123. The van der Waals surface area contributed by atoms with Crippen LogP contribution < -0.4 is 10.1 Å². The van der Waals surface area contributed by atoms with Crippen LogP contribution >= 0.6 is 0 Å². The Hall–Kier alpha value is -1.55. The Labute approximate surface area is 127 Å². The quantitative estimate of drug-likeness (QED) is 0.874. The molecule has 1 aliphatic heterocycles. The Bertz CT molecular complexity index is 482. The van der Waals surface area contributed by atoms with Crippen molar-refractivity contribution in [1.29, 1.82) is 0 Å². The van der Waals surface area contributed by atoms with Crippen molar-refractivity contribution >= 4 is 5.91 Å². The molecule has 1 unspecified atom stereocenters. The minimum atomic E-state index is -0.0562. The average Bonchev–Trinajstić information content (AvgIpc) is 3.00. The Morgan fingerprint density at radius 1 is 1.29 bits per heavy atom. The Morgan fingerprint density at radius 2 is 2.00 bits per heavy atom. The van der Waals surface area contributed by atoms with Gasteiger partial charge in [0, 0.05) is 12.6 Å². The zero-order valence-corrected chi connectivity index (χ0v) is 13.3. The number of likely N-dealkylation sites (tertiary alicyclic amines) is 1. The molecule has 0 saturated carbocycles. The number of rotatable bonds is 6. The second-order valence-corrected chi connectivity index (χ2v) is 5.93. The molecule has 4 heteroatoms. The van der Waals surface area contributed by atoms with Crippen LogP contribution in [0.1, 0.15) is 30.9 Å². The first-order valence-corrected chi connectivity index (χ1v) is 7.77. The summed E-state index contributed by atoms with van der Waals surface area (Å²) in [4.78, 5) is 14.3. The third kappa shape index (κ3) is 4.74. The van der Waals surface area contributed by atoms with Gasteiger partial charge < -0.3 is 10.1 Å². The van der Waals surface area contributed by atoms with Crippen LogP contribution in [0.15, 0.2) is 18.2 Å². The van der Waals surface area contributed by atoms with E-state index >= 15 is 0 Å². The summed E-state index contributed by atoms with van der Waals surface area (Å²) in [6.45, 7) is 9.33. The third-order valence-electron chi connectivity index (χ3n) is 4.21. The van der Waals surface area contributed by atoms with Crippen molar-refractivity contribution in [2.24, 2.45) is 0 Å². The second kappa shape index (κ2) is 7.46. The topological polar surface area (TPSA) is 41.6 Å². The van der Waals surface area contributed by atoms with E-state index in [4.69, 9.17) is 4.74 Å². The highest BCUT2D eigenvalue weighted by molar-refractivity contribution is 5.77. The van der Waals surface area contributed by atoms with Crippen LogP contribution in [0.3, 0.4) is 0 Å². The van der Waals surface area contributed by atoms with Crippen molar-refractivity contribution in [2.75, 3.05) is 26.2 Å². The first kappa shape index (κ1) is 15.8. The molecule has 0 aliphatic carbocycles. The molecule has 1 aromatic rings. The zero-order valence-electron chi connectivity index (χ0n) is 13.3. The number of nitrogens with one attached hydrogen (secondary N) is 1. The lowest BCUT2D eigenvalue weighted by Gasteiger charge is -2.23. The fourth-order valence-corrected chi connectivity index (χ4v) is 2.58. The molecule has 1 fully saturated rings. The van der Waals surface area contributed by atoms with Crippen LogP contribution in [-0.4, -0.2) is 43.1 Å². The van der Waals surface area contributed by atoms with Crippen LogP contribution in [0.4, 0.5) is 0 Å². The minimum Gasteiger partial charge on any atom is -0.484 e. The van der Waals surface area contributed by atoms with Gasteiger partial charge in [0.2, 0.25) is 0 Å². The number of hydrogen-bond acceptors (Lipinski definition) is 3. The van der Waals surface area contributed by atoms with Crippen LogP contribution in [0.5, 0.6) is 5.75 Å². The summed E-state index contributed by atoms with van der Waals surface area (Å²) in [5, 5.41) is 2.95. The van der Waals surface area contributed by atoms with E-state index in [1.165, 1.54) is 24.0 Å². The van der Waals surface area contributed by atoms with Gasteiger partial charge in [-0.2, -0.15) is 0 Å². The summed E-state index contributed by atoms with van der Waals surface area (Å²) < 4.78 is 5.54. The smallest absolute Gasteiger partial charge is 0.257 e. The van der Waals surface area contributed by atoms with E-state index in [1.807, 2.05) is 25.1 Å². The molecule has 21 heavy (non-hydrogen) atoms. The monoisotopic (exact) mass is 290 g/mol. The second-order valence-electron chi connectivity index (χ2n) is 5.93. The molecule has 116 valence electrons. The number of hydrogen-bond donors (Lipinski definition) is 1. The number of amides is 1. The van der Waals surface area contributed by atoms with Crippen LogP contribution in [0.2, 0.25) is 0 Å².